The first kappa shape index (κ1) is 14.1. The van der Waals surface area contributed by atoms with E-state index in [4.69, 9.17) is 4.74 Å². The molecule has 0 saturated carbocycles. The van der Waals surface area contributed by atoms with Gasteiger partial charge >= 0.3 is 0 Å². The summed E-state index contributed by atoms with van der Waals surface area (Å²) in [6, 6.07) is 16.6. The van der Waals surface area contributed by atoms with Gasteiger partial charge in [-0.1, -0.05) is 29.5 Å². The smallest absolute Gasteiger partial charge is 0.183 e. The molecule has 23 heavy (non-hydrogen) atoms. The number of anilines is 1. The predicted molar refractivity (Wildman–Crippen MR) is 96.6 cm³/mol. The van der Waals surface area contributed by atoms with E-state index in [9.17, 15) is 0 Å². The molecule has 0 unspecified atom stereocenters. The van der Waals surface area contributed by atoms with Crippen LogP contribution in [0, 0.1) is 0 Å². The number of ether oxygens (including phenoxy) is 1. The number of nitrogens with one attached hydrogen (secondary N) is 1. The fourth-order valence-corrected chi connectivity index (χ4v) is 3.65. The van der Waals surface area contributed by atoms with Crippen molar-refractivity contribution in [1.82, 2.24) is 9.55 Å². The Kier molecular flexibility index (Phi) is 3.63. The zero-order valence-corrected chi connectivity index (χ0v) is 13.6. The molecule has 1 N–H and O–H groups in total. The van der Waals surface area contributed by atoms with Gasteiger partial charge in [-0.15, -0.1) is 0 Å². The number of rotatable bonds is 5. The highest BCUT2D eigenvalue weighted by Gasteiger charge is 2.05. The van der Waals surface area contributed by atoms with E-state index in [2.05, 4.69) is 51.4 Å². The van der Waals surface area contributed by atoms with Crippen LogP contribution in [-0.2, 0) is 6.54 Å². The molecule has 4 aromatic rings. The van der Waals surface area contributed by atoms with Crippen molar-refractivity contribution in [3.05, 3.63) is 54.7 Å². The number of para-hydroxylation sites is 1. The summed E-state index contributed by atoms with van der Waals surface area (Å²) < 4.78 is 8.66. The fourth-order valence-electron chi connectivity index (χ4n) is 2.73. The standard InChI is InChI=1S/C18H17N3OS/c1-22-14-6-7-15-17(12-14)23-18(20-15)19-9-11-21-10-8-13-4-2-3-5-16(13)21/h2-8,10,12H,9,11H2,1H3,(H,19,20). The van der Waals surface area contributed by atoms with Crippen LogP contribution >= 0.6 is 11.3 Å². The Morgan fingerprint density at radius 1 is 1.17 bits per heavy atom. The third-order valence-electron chi connectivity index (χ3n) is 3.90. The van der Waals surface area contributed by atoms with E-state index in [0.29, 0.717) is 0 Å². The van der Waals surface area contributed by atoms with Crippen LogP contribution in [0.5, 0.6) is 5.75 Å². The molecule has 0 aliphatic carbocycles. The largest absolute Gasteiger partial charge is 0.497 e. The predicted octanol–water partition coefficient (Wildman–Crippen LogP) is 4.37. The van der Waals surface area contributed by atoms with E-state index in [1.165, 1.54) is 10.9 Å². The van der Waals surface area contributed by atoms with Crippen LogP contribution in [0.1, 0.15) is 0 Å². The van der Waals surface area contributed by atoms with Gasteiger partial charge in [0, 0.05) is 24.8 Å². The van der Waals surface area contributed by atoms with Crippen molar-refractivity contribution in [2.75, 3.05) is 19.0 Å². The zero-order chi connectivity index (χ0) is 15.6. The van der Waals surface area contributed by atoms with E-state index < -0.39 is 0 Å². The zero-order valence-electron chi connectivity index (χ0n) is 12.8. The van der Waals surface area contributed by atoms with Gasteiger partial charge in [0.25, 0.3) is 0 Å². The third-order valence-corrected chi connectivity index (χ3v) is 4.88. The Morgan fingerprint density at radius 2 is 2.09 bits per heavy atom. The molecule has 0 aliphatic rings. The van der Waals surface area contributed by atoms with Gasteiger partial charge in [-0.2, -0.15) is 0 Å². The minimum Gasteiger partial charge on any atom is -0.497 e. The molecule has 0 saturated heterocycles. The molecule has 0 radical (unpaired) electrons. The van der Waals surface area contributed by atoms with Gasteiger partial charge in [0.05, 0.1) is 17.3 Å². The van der Waals surface area contributed by atoms with Crippen molar-refractivity contribution >= 4 is 37.6 Å². The summed E-state index contributed by atoms with van der Waals surface area (Å²) in [5, 5.41) is 5.65. The summed E-state index contributed by atoms with van der Waals surface area (Å²) in [6.45, 7) is 1.75. The Morgan fingerprint density at radius 3 is 3.00 bits per heavy atom. The Bertz CT molecular complexity index is 957. The summed E-state index contributed by atoms with van der Waals surface area (Å²) in [5.74, 6) is 0.867. The minimum atomic E-state index is 0.843. The molecule has 4 rings (SSSR count). The van der Waals surface area contributed by atoms with Gasteiger partial charge in [0.15, 0.2) is 5.13 Å². The summed E-state index contributed by atoms with van der Waals surface area (Å²) in [5.41, 5.74) is 2.27. The molecular formula is C18H17N3OS. The van der Waals surface area contributed by atoms with Crippen LogP contribution in [0.15, 0.2) is 54.7 Å². The summed E-state index contributed by atoms with van der Waals surface area (Å²) in [4.78, 5) is 4.61. The average Bonchev–Trinajstić information content (AvgIpc) is 3.18. The number of benzene rings is 2. The molecule has 0 amide bonds. The molecule has 0 fully saturated rings. The number of thiazole rings is 1. The Balaban J connectivity index is 1.46. The Hall–Kier alpha value is -2.53. The lowest BCUT2D eigenvalue weighted by atomic mass is 10.2. The molecule has 0 spiro atoms. The highest BCUT2D eigenvalue weighted by molar-refractivity contribution is 7.22. The minimum absolute atomic E-state index is 0.843. The molecule has 2 aromatic heterocycles. The maximum atomic E-state index is 5.26. The van der Waals surface area contributed by atoms with Crippen molar-refractivity contribution in [1.29, 1.82) is 0 Å². The molecule has 0 aliphatic heterocycles. The second-order valence-electron chi connectivity index (χ2n) is 5.35. The van der Waals surface area contributed by atoms with Crippen LogP contribution in [0.4, 0.5) is 5.13 Å². The second kappa shape index (κ2) is 5.93. The Labute approximate surface area is 138 Å². The number of hydrogen-bond acceptors (Lipinski definition) is 4. The van der Waals surface area contributed by atoms with Crippen LogP contribution in [0.25, 0.3) is 21.1 Å². The van der Waals surface area contributed by atoms with Crippen molar-refractivity contribution in [2.24, 2.45) is 0 Å². The van der Waals surface area contributed by atoms with E-state index in [1.807, 2.05) is 18.2 Å². The lowest BCUT2D eigenvalue weighted by Crippen LogP contribution is -2.09. The first-order valence-electron chi connectivity index (χ1n) is 7.56. The molecule has 2 heterocycles. The van der Waals surface area contributed by atoms with E-state index in [0.717, 1.165) is 34.2 Å². The van der Waals surface area contributed by atoms with Crippen molar-refractivity contribution in [3.63, 3.8) is 0 Å². The monoisotopic (exact) mass is 323 g/mol. The molecule has 0 atom stereocenters. The average molecular weight is 323 g/mol. The maximum absolute atomic E-state index is 5.26. The second-order valence-corrected chi connectivity index (χ2v) is 6.38. The van der Waals surface area contributed by atoms with Gasteiger partial charge in [0.2, 0.25) is 0 Å². The molecule has 0 bridgehead atoms. The van der Waals surface area contributed by atoms with Crippen LogP contribution < -0.4 is 10.1 Å². The van der Waals surface area contributed by atoms with Crippen molar-refractivity contribution < 1.29 is 4.74 Å². The van der Waals surface area contributed by atoms with Gasteiger partial charge in [-0.25, -0.2) is 4.98 Å². The highest BCUT2D eigenvalue weighted by Crippen LogP contribution is 2.29. The van der Waals surface area contributed by atoms with Gasteiger partial charge in [-0.3, -0.25) is 0 Å². The quantitative estimate of drug-likeness (QED) is 0.593. The summed E-state index contributed by atoms with van der Waals surface area (Å²) in [7, 11) is 1.68. The van der Waals surface area contributed by atoms with E-state index in [1.54, 1.807) is 18.4 Å². The molecular weight excluding hydrogens is 306 g/mol. The van der Waals surface area contributed by atoms with Crippen LogP contribution in [-0.4, -0.2) is 23.2 Å². The normalized spacial score (nSPS) is 11.2. The number of methoxy groups -OCH3 is 1. The molecule has 4 nitrogen and oxygen atoms in total. The molecule has 2 aromatic carbocycles. The van der Waals surface area contributed by atoms with E-state index in [-0.39, 0.29) is 0 Å². The number of fused-ring (bicyclic) bond motifs is 2. The molecule has 116 valence electrons. The molecule has 5 heteroatoms. The fraction of sp³-hybridized carbons (Fsp3) is 0.167. The van der Waals surface area contributed by atoms with Crippen molar-refractivity contribution in [3.8, 4) is 5.75 Å². The number of hydrogen-bond donors (Lipinski definition) is 1. The third kappa shape index (κ3) is 2.75. The van der Waals surface area contributed by atoms with E-state index >= 15 is 0 Å². The lowest BCUT2D eigenvalue weighted by Gasteiger charge is -2.06. The lowest BCUT2D eigenvalue weighted by molar-refractivity contribution is 0.415. The first-order chi connectivity index (χ1) is 11.3. The first-order valence-corrected chi connectivity index (χ1v) is 8.37. The van der Waals surface area contributed by atoms with Crippen LogP contribution in [0.2, 0.25) is 0 Å². The highest BCUT2D eigenvalue weighted by atomic mass is 32.1. The topological polar surface area (TPSA) is 39.1 Å². The van der Waals surface area contributed by atoms with Crippen molar-refractivity contribution in [2.45, 2.75) is 6.54 Å². The number of aromatic nitrogens is 2. The summed E-state index contributed by atoms with van der Waals surface area (Å²) in [6.07, 6.45) is 2.13. The van der Waals surface area contributed by atoms with Gasteiger partial charge in [0.1, 0.15) is 5.75 Å². The van der Waals surface area contributed by atoms with Gasteiger partial charge < -0.3 is 14.6 Å². The van der Waals surface area contributed by atoms with Crippen LogP contribution in [0.3, 0.4) is 0 Å². The van der Waals surface area contributed by atoms with Gasteiger partial charge in [-0.05, 0) is 35.7 Å². The number of nitrogens with zero attached hydrogens (tertiary/aromatic N) is 2. The SMILES string of the molecule is COc1ccc2nc(NCCn3ccc4ccccc43)sc2c1. The summed E-state index contributed by atoms with van der Waals surface area (Å²) >= 11 is 1.66. The maximum Gasteiger partial charge on any atom is 0.183 e.